The molecule has 0 radical (unpaired) electrons. The van der Waals surface area contributed by atoms with Crippen molar-refractivity contribution in [2.75, 3.05) is 6.61 Å². The van der Waals surface area contributed by atoms with Crippen LogP contribution in [0.15, 0.2) is 0 Å². The zero-order valence-corrected chi connectivity index (χ0v) is 9.49. The molecule has 1 atom stereocenters. The molecule has 4 nitrogen and oxygen atoms in total. The van der Waals surface area contributed by atoms with Crippen LogP contribution in [0.25, 0.3) is 0 Å². The highest BCUT2D eigenvalue weighted by Gasteiger charge is 2.35. The Morgan fingerprint density at radius 1 is 1.53 bits per heavy atom. The molecule has 0 aromatic carbocycles. The third-order valence-electron chi connectivity index (χ3n) is 3.43. The van der Waals surface area contributed by atoms with Crippen LogP contribution < -0.4 is 5.32 Å². The van der Waals surface area contributed by atoms with Gasteiger partial charge in [0.25, 0.3) is 0 Å². The SMILES string of the molecule is CC1CCC(CO)(NC(C)C(=O)O)CC1. The Balaban J connectivity index is 2.57. The highest BCUT2D eigenvalue weighted by molar-refractivity contribution is 5.73. The molecule has 0 aromatic heterocycles. The lowest BCUT2D eigenvalue weighted by atomic mass is 9.77. The number of hydrogen-bond acceptors (Lipinski definition) is 3. The molecule has 0 aliphatic heterocycles. The normalized spacial score (nSPS) is 33.7. The maximum atomic E-state index is 10.8. The van der Waals surface area contributed by atoms with E-state index in [1.165, 1.54) is 0 Å². The van der Waals surface area contributed by atoms with E-state index in [4.69, 9.17) is 5.11 Å². The van der Waals surface area contributed by atoms with Gasteiger partial charge in [-0.05, 0) is 38.5 Å². The molecule has 1 saturated carbocycles. The average Bonchev–Trinajstić information content (AvgIpc) is 2.21. The van der Waals surface area contributed by atoms with Gasteiger partial charge in [-0.2, -0.15) is 0 Å². The Hall–Kier alpha value is -0.610. The van der Waals surface area contributed by atoms with E-state index in [2.05, 4.69) is 12.2 Å². The molecule has 0 amide bonds. The lowest BCUT2D eigenvalue weighted by Gasteiger charge is -2.40. The van der Waals surface area contributed by atoms with E-state index in [1.54, 1.807) is 6.92 Å². The molecule has 1 aliphatic rings. The van der Waals surface area contributed by atoms with Crippen molar-refractivity contribution >= 4 is 5.97 Å². The van der Waals surface area contributed by atoms with E-state index in [0.29, 0.717) is 5.92 Å². The molecule has 1 rings (SSSR count). The number of aliphatic hydroxyl groups excluding tert-OH is 1. The molecule has 88 valence electrons. The van der Waals surface area contributed by atoms with E-state index in [9.17, 15) is 9.90 Å². The van der Waals surface area contributed by atoms with Crippen molar-refractivity contribution in [1.82, 2.24) is 5.32 Å². The summed E-state index contributed by atoms with van der Waals surface area (Å²) in [4.78, 5) is 10.8. The lowest BCUT2D eigenvalue weighted by molar-refractivity contribution is -0.140. The Kier molecular flexibility index (Phi) is 4.11. The Bertz CT molecular complexity index is 222. The molecule has 4 heteroatoms. The first-order valence-corrected chi connectivity index (χ1v) is 5.60. The second kappa shape index (κ2) is 4.94. The molecule has 3 N–H and O–H groups in total. The number of carbonyl (C=O) groups is 1. The lowest BCUT2D eigenvalue weighted by Crippen LogP contribution is -2.56. The number of carboxylic acid groups (broad SMARTS) is 1. The van der Waals surface area contributed by atoms with E-state index >= 15 is 0 Å². The third kappa shape index (κ3) is 3.18. The highest BCUT2D eigenvalue weighted by Crippen LogP contribution is 2.31. The van der Waals surface area contributed by atoms with Crippen molar-refractivity contribution in [3.63, 3.8) is 0 Å². The van der Waals surface area contributed by atoms with Gasteiger partial charge in [0.15, 0.2) is 0 Å². The summed E-state index contributed by atoms with van der Waals surface area (Å²) in [5.41, 5.74) is -0.371. The first-order valence-electron chi connectivity index (χ1n) is 5.60. The van der Waals surface area contributed by atoms with Gasteiger partial charge in [-0.15, -0.1) is 0 Å². The van der Waals surface area contributed by atoms with Crippen LogP contribution >= 0.6 is 0 Å². The van der Waals surface area contributed by atoms with E-state index in [0.717, 1.165) is 25.7 Å². The van der Waals surface area contributed by atoms with Crippen molar-refractivity contribution in [2.24, 2.45) is 5.92 Å². The van der Waals surface area contributed by atoms with Gasteiger partial charge in [-0.1, -0.05) is 6.92 Å². The number of hydrogen-bond donors (Lipinski definition) is 3. The van der Waals surface area contributed by atoms with Gasteiger partial charge in [0.1, 0.15) is 6.04 Å². The predicted octanol–water partition coefficient (Wildman–Crippen LogP) is 0.990. The molecule has 0 bridgehead atoms. The third-order valence-corrected chi connectivity index (χ3v) is 3.43. The molecular formula is C11H21NO3. The molecule has 0 saturated heterocycles. The van der Waals surface area contributed by atoms with Gasteiger partial charge < -0.3 is 10.2 Å². The number of aliphatic carboxylic acids is 1. The van der Waals surface area contributed by atoms with Crippen LogP contribution in [0.4, 0.5) is 0 Å². The molecular weight excluding hydrogens is 194 g/mol. The van der Waals surface area contributed by atoms with Crippen molar-refractivity contribution in [3.05, 3.63) is 0 Å². The molecule has 0 aromatic rings. The van der Waals surface area contributed by atoms with Crippen LogP contribution in [0.5, 0.6) is 0 Å². The van der Waals surface area contributed by atoms with Gasteiger partial charge >= 0.3 is 5.97 Å². The maximum Gasteiger partial charge on any atom is 0.320 e. The summed E-state index contributed by atoms with van der Waals surface area (Å²) in [5, 5.41) is 21.3. The zero-order chi connectivity index (χ0) is 11.5. The summed E-state index contributed by atoms with van der Waals surface area (Å²) in [6.07, 6.45) is 3.84. The first-order chi connectivity index (χ1) is 6.99. The fourth-order valence-corrected chi connectivity index (χ4v) is 2.18. The van der Waals surface area contributed by atoms with Gasteiger partial charge in [0, 0.05) is 5.54 Å². The number of carboxylic acids is 1. The highest BCUT2D eigenvalue weighted by atomic mass is 16.4. The van der Waals surface area contributed by atoms with E-state index in [1.807, 2.05) is 0 Å². The zero-order valence-electron chi connectivity index (χ0n) is 9.49. The van der Waals surface area contributed by atoms with E-state index in [-0.39, 0.29) is 12.1 Å². The second-order valence-electron chi connectivity index (χ2n) is 4.83. The van der Waals surface area contributed by atoms with Gasteiger partial charge in [0.05, 0.1) is 6.61 Å². The van der Waals surface area contributed by atoms with Crippen molar-refractivity contribution < 1.29 is 15.0 Å². The summed E-state index contributed by atoms with van der Waals surface area (Å²) < 4.78 is 0. The monoisotopic (exact) mass is 215 g/mol. The molecule has 1 aliphatic carbocycles. The topological polar surface area (TPSA) is 69.6 Å². The molecule has 0 heterocycles. The molecule has 0 spiro atoms. The van der Waals surface area contributed by atoms with E-state index < -0.39 is 12.0 Å². The minimum atomic E-state index is -0.860. The number of nitrogens with one attached hydrogen (secondary N) is 1. The standard InChI is InChI=1S/C11H21NO3/c1-8-3-5-11(7-13,6-4-8)12-9(2)10(14)15/h8-9,12-13H,3-7H2,1-2H3,(H,14,15). The van der Waals surface area contributed by atoms with Gasteiger partial charge in [-0.25, -0.2) is 0 Å². The minimum Gasteiger partial charge on any atom is -0.480 e. The van der Waals surface area contributed by atoms with Crippen molar-refractivity contribution in [3.8, 4) is 0 Å². The largest absolute Gasteiger partial charge is 0.480 e. The second-order valence-corrected chi connectivity index (χ2v) is 4.83. The molecule has 1 unspecified atom stereocenters. The Labute approximate surface area is 90.7 Å². The van der Waals surface area contributed by atoms with Gasteiger partial charge in [0.2, 0.25) is 0 Å². The Morgan fingerprint density at radius 2 is 2.07 bits per heavy atom. The predicted molar refractivity (Wildman–Crippen MR) is 57.7 cm³/mol. The van der Waals surface area contributed by atoms with Crippen LogP contribution in [0.1, 0.15) is 39.5 Å². The summed E-state index contributed by atoms with van der Waals surface area (Å²) in [5.74, 6) is -0.173. The van der Waals surface area contributed by atoms with Crippen LogP contribution in [0.3, 0.4) is 0 Å². The molecule has 15 heavy (non-hydrogen) atoms. The number of rotatable bonds is 4. The minimum absolute atomic E-state index is 0.0251. The van der Waals surface area contributed by atoms with Crippen LogP contribution in [0.2, 0.25) is 0 Å². The maximum absolute atomic E-state index is 10.8. The fourth-order valence-electron chi connectivity index (χ4n) is 2.18. The Morgan fingerprint density at radius 3 is 2.47 bits per heavy atom. The average molecular weight is 215 g/mol. The van der Waals surface area contributed by atoms with Crippen molar-refractivity contribution in [2.45, 2.75) is 51.1 Å². The summed E-state index contributed by atoms with van der Waals surface area (Å²) >= 11 is 0. The van der Waals surface area contributed by atoms with Crippen LogP contribution in [-0.2, 0) is 4.79 Å². The van der Waals surface area contributed by atoms with Crippen LogP contribution in [-0.4, -0.2) is 34.4 Å². The first kappa shape index (κ1) is 12.5. The molecule has 1 fully saturated rings. The fraction of sp³-hybridized carbons (Fsp3) is 0.909. The number of aliphatic hydroxyl groups is 1. The van der Waals surface area contributed by atoms with Crippen molar-refractivity contribution in [1.29, 1.82) is 0 Å². The summed E-state index contributed by atoms with van der Waals surface area (Å²) in [6.45, 7) is 3.84. The summed E-state index contributed by atoms with van der Waals surface area (Å²) in [7, 11) is 0. The van der Waals surface area contributed by atoms with Gasteiger partial charge in [-0.3, -0.25) is 10.1 Å². The summed E-state index contributed by atoms with van der Waals surface area (Å²) in [6, 6.07) is -0.592. The van der Waals surface area contributed by atoms with Crippen LogP contribution in [0, 0.1) is 5.92 Å². The quantitative estimate of drug-likeness (QED) is 0.654. The smallest absolute Gasteiger partial charge is 0.320 e.